The standard InChI is InChI=1S/C17H25FO/c1-12-6-5-11-16(2,3)17(12,4)15(19)13-7-9-14(18)10-8-13/h7-10,12,15,19H,5-6,11H2,1-4H3/t12-,15+,17-/m0/s1. The van der Waals surface area contributed by atoms with Crippen LogP contribution in [0.15, 0.2) is 24.3 Å². The van der Waals surface area contributed by atoms with E-state index in [0.29, 0.717) is 5.92 Å². The van der Waals surface area contributed by atoms with E-state index in [9.17, 15) is 9.50 Å². The van der Waals surface area contributed by atoms with Crippen LogP contribution in [0.4, 0.5) is 4.39 Å². The molecule has 0 radical (unpaired) electrons. The molecule has 1 fully saturated rings. The fourth-order valence-corrected chi connectivity index (χ4v) is 3.72. The van der Waals surface area contributed by atoms with E-state index in [1.807, 2.05) is 0 Å². The zero-order chi connectivity index (χ0) is 14.3. The first-order valence-corrected chi connectivity index (χ1v) is 7.22. The summed E-state index contributed by atoms with van der Waals surface area (Å²) in [6, 6.07) is 6.29. The van der Waals surface area contributed by atoms with Crippen molar-refractivity contribution in [3.63, 3.8) is 0 Å². The molecule has 0 amide bonds. The molecular formula is C17H25FO. The molecule has 0 spiro atoms. The van der Waals surface area contributed by atoms with Crippen molar-refractivity contribution in [2.24, 2.45) is 16.7 Å². The quantitative estimate of drug-likeness (QED) is 0.820. The third-order valence-electron chi connectivity index (χ3n) is 5.67. The Morgan fingerprint density at radius 2 is 1.79 bits per heavy atom. The highest BCUT2D eigenvalue weighted by atomic mass is 19.1. The lowest BCUT2D eigenvalue weighted by molar-refractivity contribution is -0.115. The van der Waals surface area contributed by atoms with Crippen LogP contribution < -0.4 is 0 Å². The minimum absolute atomic E-state index is 0.0818. The molecular weight excluding hydrogens is 239 g/mol. The van der Waals surface area contributed by atoms with E-state index in [4.69, 9.17) is 0 Å². The summed E-state index contributed by atoms with van der Waals surface area (Å²) in [5.74, 6) is 0.202. The van der Waals surface area contributed by atoms with Gasteiger partial charge in [0, 0.05) is 5.41 Å². The van der Waals surface area contributed by atoms with Crippen LogP contribution in [0.1, 0.15) is 58.6 Å². The average Bonchev–Trinajstić information content (AvgIpc) is 2.35. The molecule has 0 saturated heterocycles. The second-order valence-corrected chi connectivity index (χ2v) is 6.91. The minimum Gasteiger partial charge on any atom is -0.388 e. The van der Waals surface area contributed by atoms with Gasteiger partial charge < -0.3 is 5.11 Å². The maximum Gasteiger partial charge on any atom is 0.123 e. The van der Waals surface area contributed by atoms with E-state index in [1.165, 1.54) is 18.6 Å². The Morgan fingerprint density at radius 3 is 2.32 bits per heavy atom. The molecule has 0 bridgehead atoms. The molecule has 2 heteroatoms. The van der Waals surface area contributed by atoms with Crippen LogP contribution in [0.25, 0.3) is 0 Å². The first-order chi connectivity index (χ1) is 8.79. The summed E-state index contributed by atoms with van der Waals surface area (Å²) in [6.07, 6.45) is 2.96. The molecule has 0 unspecified atom stereocenters. The van der Waals surface area contributed by atoms with Gasteiger partial charge in [0.2, 0.25) is 0 Å². The lowest BCUT2D eigenvalue weighted by Gasteiger charge is -2.54. The Bertz CT molecular complexity index is 437. The molecule has 1 N–H and O–H groups in total. The molecule has 19 heavy (non-hydrogen) atoms. The Labute approximate surface area is 115 Å². The van der Waals surface area contributed by atoms with Crippen molar-refractivity contribution >= 4 is 0 Å². The molecule has 1 aliphatic carbocycles. The van der Waals surface area contributed by atoms with Gasteiger partial charge in [-0.25, -0.2) is 4.39 Å². The molecule has 1 aromatic rings. The Morgan fingerprint density at radius 1 is 1.21 bits per heavy atom. The second kappa shape index (κ2) is 4.90. The van der Waals surface area contributed by atoms with Crippen molar-refractivity contribution in [3.05, 3.63) is 35.6 Å². The van der Waals surface area contributed by atoms with Crippen LogP contribution in [0.2, 0.25) is 0 Å². The highest BCUT2D eigenvalue weighted by molar-refractivity contribution is 5.22. The molecule has 0 heterocycles. The zero-order valence-electron chi connectivity index (χ0n) is 12.4. The number of benzene rings is 1. The van der Waals surface area contributed by atoms with Crippen LogP contribution in [-0.4, -0.2) is 5.11 Å². The predicted molar refractivity (Wildman–Crippen MR) is 76.3 cm³/mol. The Kier molecular flexibility index (Phi) is 3.74. The second-order valence-electron chi connectivity index (χ2n) is 6.91. The van der Waals surface area contributed by atoms with Crippen LogP contribution in [-0.2, 0) is 0 Å². The highest BCUT2D eigenvalue weighted by Gasteiger charge is 2.51. The van der Waals surface area contributed by atoms with Gasteiger partial charge in [0.25, 0.3) is 0 Å². The fourth-order valence-electron chi connectivity index (χ4n) is 3.72. The van der Waals surface area contributed by atoms with E-state index in [-0.39, 0.29) is 16.6 Å². The van der Waals surface area contributed by atoms with Crippen LogP contribution >= 0.6 is 0 Å². The summed E-state index contributed by atoms with van der Waals surface area (Å²) < 4.78 is 13.0. The number of hydrogen-bond donors (Lipinski definition) is 1. The van der Waals surface area contributed by atoms with Crippen molar-refractivity contribution in [3.8, 4) is 0 Å². The molecule has 1 saturated carbocycles. The van der Waals surface area contributed by atoms with Gasteiger partial charge in [0.05, 0.1) is 6.10 Å². The largest absolute Gasteiger partial charge is 0.388 e. The summed E-state index contributed by atoms with van der Waals surface area (Å²) in [6.45, 7) is 8.91. The molecule has 1 aliphatic rings. The molecule has 3 atom stereocenters. The van der Waals surface area contributed by atoms with E-state index in [1.54, 1.807) is 12.1 Å². The van der Waals surface area contributed by atoms with Gasteiger partial charge in [0.15, 0.2) is 0 Å². The summed E-state index contributed by atoms with van der Waals surface area (Å²) in [5, 5.41) is 10.9. The SMILES string of the molecule is C[C@H]1CCCC(C)(C)[C@]1(C)[C@H](O)c1ccc(F)cc1. The van der Waals surface area contributed by atoms with Gasteiger partial charge in [-0.05, 0) is 35.4 Å². The van der Waals surface area contributed by atoms with Crippen molar-refractivity contribution in [1.29, 1.82) is 0 Å². The summed E-state index contributed by atoms with van der Waals surface area (Å²) >= 11 is 0. The normalized spacial score (nSPS) is 32.0. The van der Waals surface area contributed by atoms with Crippen LogP contribution in [0, 0.1) is 22.6 Å². The predicted octanol–water partition coefficient (Wildman–Crippen LogP) is 4.71. The molecule has 1 nitrogen and oxygen atoms in total. The molecule has 2 rings (SSSR count). The van der Waals surface area contributed by atoms with Gasteiger partial charge in [-0.15, -0.1) is 0 Å². The number of aliphatic hydroxyl groups is 1. The van der Waals surface area contributed by atoms with Gasteiger partial charge in [-0.2, -0.15) is 0 Å². The van der Waals surface area contributed by atoms with E-state index in [2.05, 4.69) is 27.7 Å². The van der Waals surface area contributed by atoms with Gasteiger partial charge in [0.1, 0.15) is 5.82 Å². The molecule has 0 aromatic heterocycles. The van der Waals surface area contributed by atoms with Gasteiger partial charge in [-0.1, -0.05) is 52.7 Å². The first-order valence-electron chi connectivity index (χ1n) is 7.22. The van der Waals surface area contributed by atoms with E-state index < -0.39 is 6.10 Å². The van der Waals surface area contributed by atoms with Gasteiger partial charge >= 0.3 is 0 Å². The van der Waals surface area contributed by atoms with E-state index >= 15 is 0 Å². The zero-order valence-corrected chi connectivity index (χ0v) is 12.4. The van der Waals surface area contributed by atoms with Crippen molar-refractivity contribution in [1.82, 2.24) is 0 Å². The van der Waals surface area contributed by atoms with Crippen molar-refractivity contribution in [2.75, 3.05) is 0 Å². The maximum atomic E-state index is 13.0. The van der Waals surface area contributed by atoms with Gasteiger partial charge in [-0.3, -0.25) is 0 Å². The lowest BCUT2D eigenvalue weighted by Crippen LogP contribution is -2.48. The number of rotatable bonds is 2. The number of aliphatic hydroxyl groups excluding tert-OH is 1. The molecule has 106 valence electrons. The summed E-state index contributed by atoms with van der Waals surface area (Å²) in [7, 11) is 0. The molecule has 1 aromatic carbocycles. The summed E-state index contributed by atoms with van der Waals surface area (Å²) in [4.78, 5) is 0. The minimum atomic E-state index is -0.543. The third-order valence-corrected chi connectivity index (χ3v) is 5.67. The Hall–Kier alpha value is -0.890. The highest BCUT2D eigenvalue weighted by Crippen LogP contribution is 2.59. The third kappa shape index (κ3) is 2.31. The number of halogens is 1. The van der Waals surface area contributed by atoms with Crippen molar-refractivity contribution in [2.45, 2.75) is 53.1 Å². The van der Waals surface area contributed by atoms with Crippen LogP contribution in [0.3, 0.4) is 0 Å². The topological polar surface area (TPSA) is 20.2 Å². The number of hydrogen-bond acceptors (Lipinski definition) is 1. The first kappa shape index (κ1) is 14.5. The smallest absolute Gasteiger partial charge is 0.123 e. The van der Waals surface area contributed by atoms with Crippen molar-refractivity contribution < 1.29 is 9.50 Å². The maximum absolute atomic E-state index is 13.0. The average molecular weight is 264 g/mol. The Balaban J connectivity index is 2.38. The summed E-state index contributed by atoms with van der Waals surface area (Å²) in [5.41, 5.74) is 0.729. The fraction of sp³-hybridized carbons (Fsp3) is 0.647. The lowest BCUT2D eigenvalue weighted by atomic mass is 9.51. The molecule has 0 aliphatic heterocycles. The monoisotopic (exact) mass is 264 g/mol. The van der Waals surface area contributed by atoms with Crippen LogP contribution in [0.5, 0.6) is 0 Å². The van der Waals surface area contributed by atoms with E-state index in [0.717, 1.165) is 18.4 Å².